The Balaban J connectivity index is 1.99. The summed E-state index contributed by atoms with van der Waals surface area (Å²) in [6.45, 7) is 1.53. The van der Waals surface area contributed by atoms with Gasteiger partial charge in [0, 0.05) is 0 Å². The molecule has 2 aliphatic rings. The first-order chi connectivity index (χ1) is 10.5. The van der Waals surface area contributed by atoms with Crippen LogP contribution < -0.4 is 0 Å². The first-order valence-corrected chi connectivity index (χ1v) is 9.28. The number of alkyl halides is 3. The molecule has 0 spiro atoms. The monoisotopic (exact) mass is 348 g/mol. The van der Waals surface area contributed by atoms with E-state index < -0.39 is 37.7 Å². The third-order valence-electron chi connectivity index (χ3n) is 5.17. The number of hydrogen-bond donors (Lipinski definition) is 1. The van der Waals surface area contributed by atoms with Gasteiger partial charge < -0.3 is 5.11 Å². The Morgan fingerprint density at radius 1 is 1.17 bits per heavy atom. The van der Waals surface area contributed by atoms with Gasteiger partial charge in [-0.25, -0.2) is 8.42 Å². The molecule has 0 aromatic heterocycles. The van der Waals surface area contributed by atoms with E-state index in [-0.39, 0.29) is 12.8 Å². The maximum absolute atomic E-state index is 12.8. The molecule has 2 saturated heterocycles. The highest BCUT2D eigenvalue weighted by atomic mass is 32.2. The maximum atomic E-state index is 12.8. The van der Waals surface area contributed by atoms with Crippen LogP contribution in [0.15, 0.2) is 18.2 Å². The Bertz CT molecular complexity index is 705. The van der Waals surface area contributed by atoms with Gasteiger partial charge in [0.05, 0.1) is 21.7 Å². The molecule has 0 aliphatic carbocycles. The second-order valence-electron chi connectivity index (χ2n) is 6.73. The van der Waals surface area contributed by atoms with Gasteiger partial charge in [-0.2, -0.15) is 13.2 Å². The molecule has 1 N–H and O–H groups in total. The van der Waals surface area contributed by atoms with Gasteiger partial charge in [0.25, 0.3) is 0 Å². The van der Waals surface area contributed by atoms with E-state index in [1.807, 2.05) is 0 Å². The smallest absolute Gasteiger partial charge is 0.385 e. The van der Waals surface area contributed by atoms with Crippen molar-refractivity contribution in [2.75, 3.05) is 0 Å². The van der Waals surface area contributed by atoms with Crippen LogP contribution in [0.25, 0.3) is 0 Å². The molecule has 128 valence electrons. The molecule has 1 aromatic rings. The number of fused-ring (bicyclic) bond motifs is 2. The molecule has 2 fully saturated rings. The highest BCUT2D eigenvalue weighted by Crippen LogP contribution is 2.47. The van der Waals surface area contributed by atoms with Crippen LogP contribution in [0.4, 0.5) is 13.2 Å². The van der Waals surface area contributed by atoms with Gasteiger partial charge in [-0.05, 0) is 55.9 Å². The highest BCUT2D eigenvalue weighted by molar-refractivity contribution is 7.92. The van der Waals surface area contributed by atoms with Gasteiger partial charge in [0.1, 0.15) is 0 Å². The summed E-state index contributed by atoms with van der Waals surface area (Å²) in [5.74, 6) is 0. The molecule has 2 bridgehead atoms. The van der Waals surface area contributed by atoms with E-state index in [2.05, 4.69) is 0 Å². The molecular weight excluding hydrogens is 329 g/mol. The van der Waals surface area contributed by atoms with Crippen molar-refractivity contribution in [3.8, 4) is 0 Å². The second-order valence-corrected chi connectivity index (χ2v) is 9.24. The van der Waals surface area contributed by atoms with Gasteiger partial charge >= 0.3 is 6.18 Å². The van der Waals surface area contributed by atoms with Crippen LogP contribution in [0.1, 0.15) is 48.8 Å². The van der Waals surface area contributed by atoms with Gasteiger partial charge in [-0.1, -0.05) is 12.5 Å². The van der Waals surface area contributed by atoms with Crippen molar-refractivity contribution in [1.82, 2.24) is 0 Å². The minimum Gasteiger partial charge on any atom is -0.385 e. The van der Waals surface area contributed by atoms with E-state index >= 15 is 0 Å². The standard InChI is InChI=1S/C16H19F3O3S/c1-10-7-11(16(17,18)19)5-6-14(10)15(20)8-12-3-2-4-13(9-15)23(12,21)22/h5-7,12-13,20H,2-4,8-9H2,1H3. The molecule has 0 amide bonds. The van der Waals surface area contributed by atoms with E-state index in [0.717, 1.165) is 18.6 Å². The Morgan fingerprint density at radius 3 is 2.22 bits per heavy atom. The zero-order valence-electron chi connectivity index (χ0n) is 12.7. The van der Waals surface area contributed by atoms with Gasteiger partial charge in [-0.3, -0.25) is 0 Å². The average molecular weight is 348 g/mol. The van der Waals surface area contributed by atoms with Gasteiger partial charge in [-0.15, -0.1) is 0 Å². The SMILES string of the molecule is Cc1cc(C(F)(F)F)ccc1C1(O)CC2CCCC(C1)S2(=O)=O. The zero-order chi connectivity index (χ0) is 17.0. The molecule has 2 aliphatic heterocycles. The third-order valence-corrected chi connectivity index (χ3v) is 7.83. The van der Waals surface area contributed by atoms with Gasteiger partial charge in [0.2, 0.25) is 0 Å². The third kappa shape index (κ3) is 2.78. The van der Waals surface area contributed by atoms with E-state index in [1.54, 1.807) is 0 Å². The average Bonchev–Trinajstić information content (AvgIpc) is 2.39. The minimum absolute atomic E-state index is 0.0675. The van der Waals surface area contributed by atoms with E-state index in [0.29, 0.717) is 24.0 Å². The fraction of sp³-hybridized carbons (Fsp3) is 0.625. The summed E-state index contributed by atoms with van der Waals surface area (Å²) in [4.78, 5) is 0. The Kier molecular flexibility index (Phi) is 3.80. The molecule has 1 aromatic carbocycles. The van der Waals surface area contributed by atoms with E-state index in [9.17, 15) is 26.7 Å². The number of hydrogen-bond acceptors (Lipinski definition) is 3. The van der Waals surface area contributed by atoms with Crippen molar-refractivity contribution in [1.29, 1.82) is 0 Å². The molecular formula is C16H19F3O3S. The summed E-state index contributed by atoms with van der Waals surface area (Å²) in [7, 11) is -3.23. The van der Waals surface area contributed by atoms with Crippen LogP contribution in [0, 0.1) is 6.92 Å². The first kappa shape index (κ1) is 16.8. The van der Waals surface area contributed by atoms with Crippen LogP contribution in [-0.2, 0) is 21.6 Å². The van der Waals surface area contributed by atoms with Crippen molar-refractivity contribution in [3.63, 3.8) is 0 Å². The molecule has 3 rings (SSSR count). The lowest BCUT2D eigenvalue weighted by atomic mass is 9.78. The zero-order valence-corrected chi connectivity index (χ0v) is 13.5. The van der Waals surface area contributed by atoms with Crippen LogP contribution >= 0.6 is 0 Å². The van der Waals surface area contributed by atoms with E-state index in [4.69, 9.17) is 0 Å². The lowest BCUT2D eigenvalue weighted by Gasteiger charge is -2.44. The quantitative estimate of drug-likeness (QED) is 0.847. The molecule has 3 nitrogen and oxygen atoms in total. The topological polar surface area (TPSA) is 54.4 Å². The van der Waals surface area contributed by atoms with Crippen molar-refractivity contribution >= 4 is 9.84 Å². The number of aliphatic hydroxyl groups is 1. The number of benzene rings is 1. The summed E-state index contributed by atoms with van der Waals surface area (Å²) in [5, 5.41) is 9.82. The van der Waals surface area contributed by atoms with Gasteiger partial charge in [0.15, 0.2) is 9.84 Å². The molecule has 7 heteroatoms. The van der Waals surface area contributed by atoms with Crippen LogP contribution in [0.3, 0.4) is 0 Å². The molecule has 2 heterocycles. The predicted molar refractivity (Wildman–Crippen MR) is 79.7 cm³/mol. The Morgan fingerprint density at radius 2 is 1.74 bits per heavy atom. The maximum Gasteiger partial charge on any atom is 0.416 e. The summed E-state index contributed by atoms with van der Waals surface area (Å²) < 4.78 is 63.0. The number of sulfone groups is 1. The Hall–Kier alpha value is -1.08. The number of halogens is 3. The summed E-state index contributed by atoms with van der Waals surface area (Å²) in [6, 6.07) is 3.27. The first-order valence-electron chi connectivity index (χ1n) is 7.67. The Labute approximate surface area is 133 Å². The van der Waals surface area contributed by atoms with Crippen molar-refractivity contribution in [3.05, 3.63) is 34.9 Å². The van der Waals surface area contributed by atoms with Crippen molar-refractivity contribution in [2.45, 2.75) is 61.3 Å². The molecule has 0 saturated carbocycles. The van der Waals surface area contributed by atoms with Crippen LogP contribution in [-0.4, -0.2) is 24.0 Å². The molecule has 23 heavy (non-hydrogen) atoms. The summed E-state index contributed by atoms with van der Waals surface area (Å²) in [5.41, 5.74) is -1.36. The molecule has 0 radical (unpaired) electrons. The fourth-order valence-electron chi connectivity index (χ4n) is 4.03. The lowest BCUT2D eigenvalue weighted by molar-refractivity contribution is -0.137. The molecule has 2 unspecified atom stereocenters. The minimum atomic E-state index is -4.43. The number of aryl methyl sites for hydroxylation is 1. The summed E-state index contributed by atoms with van der Waals surface area (Å²) >= 11 is 0. The number of rotatable bonds is 1. The predicted octanol–water partition coefficient (Wildman–Crippen LogP) is 3.33. The normalized spacial score (nSPS) is 33.4. The lowest BCUT2D eigenvalue weighted by Crippen LogP contribution is -2.50. The highest BCUT2D eigenvalue weighted by Gasteiger charge is 2.51. The molecule has 2 atom stereocenters. The summed E-state index contributed by atoms with van der Waals surface area (Å²) in [6.07, 6.45) is -2.45. The van der Waals surface area contributed by atoms with Crippen LogP contribution in [0.2, 0.25) is 0 Å². The van der Waals surface area contributed by atoms with Crippen molar-refractivity contribution in [2.24, 2.45) is 0 Å². The fourth-order valence-corrected chi connectivity index (χ4v) is 6.58. The largest absolute Gasteiger partial charge is 0.416 e. The van der Waals surface area contributed by atoms with Crippen molar-refractivity contribution < 1.29 is 26.7 Å². The van der Waals surface area contributed by atoms with E-state index in [1.165, 1.54) is 13.0 Å². The second kappa shape index (κ2) is 5.21. The van der Waals surface area contributed by atoms with Crippen LogP contribution in [0.5, 0.6) is 0 Å².